The number of ketones is 1. The normalized spacial score (nSPS) is 11.4. The highest BCUT2D eigenvalue weighted by Gasteiger charge is 2.18. The van der Waals surface area contributed by atoms with Crippen LogP contribution in [0.5, 0.6) is 0 Å². The molecule has 96 valence electrons. The first kappa shape index (κ1) is 13.2. The summed E-state index contributed by atoms with van der Waals surface area (Å²) in [4.78, 5) is 16.6. The van der Waals surface area contributed by atoms with E-state index >= 15 is 0 Å². The molecule has 0 fully saturated rings. The lowest BCUT2D eigenvalue weighted by molar-refractivity contribution is 0.0941. The van der Waals surface area contributed by atoms with Crippen molar-refractivity contribution in [2.24, 2.45) is 11.7 Å². The van der Waals surface area contributed by atoms with Crippen LogP contribution in [0.2, 0.25) is 0 Å². The predicted octanol–water partition coefficient (Wildman–Crippen LogP) is 2.60. The molecule has 0 aliphatic heterocycles. The average molecular weight is 310 g/mol. The van der Waals surface area contributed by atoms with Gasteiger partial charge in [-0.15, -0.1) is 0 Å². The van der Waals surface area contributed by atoms with Gasteiger partial charge in [-0.05, 0) is 22.0 Å². The topological polar surface area (TPSA) is 60.9 Å². The van der Waals surface area contributed by atoms with E-state index in [2.05, 4.69) is 20.9 Å². The van der Waals surface area contributed by atoms with E-state index in [9.17, 15) is 4.79 Å². The highest BCUT2D eigenvalue weighted by atomic mass is 79.9. The molecule has 2 rings (SSSR count). The van der Waals surface area contributed by atoms with Crippen LogP contribution in [0, 0.1) is 5.92 Å². The second kappa shape index (κ2) is 5.20. The van der Waals surface area contributed by atoms with Crippen molar-refractivity contribution < 1.29 is 4.79 Å². The maximum atomic E-state index is 12.2. The van der Waals surface area contributed by atoms with Gasteiger partial charge >= 0.3 is 0 Å². The molecule has 0 spiro atoms. The van der Waals surface area contributed by atoms with Crippen LogP contribution in [-0.2, 0) is 6.54 Å². The largest absolute Gasteiger partial charge is 0.330 e. The van der Waals surface area contributed by atoms with E-state index < -0.39 is 0 Å². The van der Waals surface area contributed by atoms with E-state index in [0.29, 0.717) is 13.1 Å². The fraction of sp³-hybridized carbons (Fsp3) is 0.385. The Morgan fingerprint density at radius 3 is 2.89 bits per heavy atom. The lowest BCUT2D eigenvalue weighted by Gasteiger charge is -2.01. The van der Waals surface area contributed by atoms with Crippen molar-refractivity contribution in [3.63, 3.8) is 0 Å². The van der Waals surface area contributed by atoms with Crippen LogP contribution in [-0.4, -0.2) is 21.9 Å². The first-order chi connectivity index (χ1) is 8.54. The zero-order chi connectivity index (χ0) is 13.3. The molecule has 0 saturated carbocycles. The van der Waals surface area contributed by atoms with Gasteiger partial charge in [0.2, 0.25) is 0 Å². The number of nitrogens with zero attached hydrogens (tertiary/aromatic N) is 2. The summed E-state index contributed by atoms with van der Waals surface area (Å²) in [6, 6.07) is 1.94. The third-order valence-corrected chi connectivity index (χ3v) is 3.27. The maximum Gasteiger partial charge on any atom is 0.167 e. The minimum atomic E-state index is -0.0269. The van der Waals surface area contributed by atoms with E-state index in [-0.39, 0.29) is 11.7 Å². The van der Waals surface area contributed by atoms with Crippen LogP contribution < -0.4 is 5.73 Å². The van der Waals surface area contributed by atoms with Crippen molar-refractivity contribution in [3.8, 4) is 0 Å². The Morgan fingerprint density at radius 2 is 2.28 bits per heavy atom. The number of halogens is 1. The summed E-state index contributed by atoms with van der Waals surface area (Å²) in [5.74, 6) is 0.108. The summed E-state index contributed by atoms with van der Waals surface area (Å²) in [6.07, 6.45) is 3.60. The van der Waals surface area contributed by atoms with E-state index in [1.807, 2.05) is 30.7 Å². The van der Waals surface area contributed by atoms with E-state index in [1.165, 1.54) is 0 Å². The highest BCUT2D eigenvalue weighted by molar-refractivity contribution is 9.10. The number of rotatable bonds is 4. The number of pyridine rings is 1. The van der Waals surface area contributed by atoms with Crippen molar-refractivity contribution in [1.29, 1.82) is 0 Å². The van der Waals surface area contributed by atoms with E-state index in [1.54, 1.807) is 6.20 Å². The molecule has 2 N–H and O–H groups in total. The van der Waals surface area contributed by atoms with Crippen molar-refractivity contribution in [1.82, 2.24) is 9.55 Å². The molecule has 0 aliphatic rings. The zero-order valence-corrected chi connectivity index (χ0v) is 12.1. The molecule has 0 saturated heterocycles. The van der Waals surface area contributed by atoms with Crippen LogP contribution in [0.4, 0.5) is 0 Å². The summed E-state index contributed by atoms with van der Waals surface area (Å²) < 4.78 is 2.82. The quantitative estimate of drug-likeness (QED) is 0.883. The number of hydrogen-bond donors (Lipinski definition) is 1. The second-order valence-electron chi connectivity index (χ2n) is 4.57. The molecule has 4 nitrogen and oxygen atoms in total. The summed E-state index contributed by atoms with van der Waals surface area (Å²) >= 11 is 3.39. The summed E-state index contributed by atoms with van der Waals surface area (Å²) in [5, 5.41) is 0.886. The summed E-state index contributed by atoms with van der Waals surface area (Å²) in [7, 11) is 0. The molecule has 0 atom stereocenters. The summed E-state index contributed by atoms with van der Waals surface area (Å²) in [6.45, 7) is 4.99. The second-order valence-corrected chi connectivity index (χ2v) is 5.48. The van der Waals surface area contributed by atoms with Gasteiger partial charge in [0.1, 0.15) is 5.65 Å². The molecule has 0 amide bonds. The van der Waals surface area contributed by atoms with Crippen LogP contribution in [0.1, 0.15) is 24.2 Å². The van der Waals surface area contributed by atoms with Crippen LogP contribution in [0.3, 0.4) is 0 Å². The summed E-state index contributed by atoms with van der Waals surface area (Å²) in [5.41, 5.74) is 7.12. The zero-order valence-electron chi connectivity index (χ0n) is 10.5. The number of fused-ring (bicyclic) bond motifs is 1. The predicted molar refractivity (Wildman–Crippen MR) is 75.7 cm³/mol. The molecule has 18 heavy (non-hydrogen) atoms. The minimum Gasteiger partial charge on any atom is -0.330 e. The number of Topliss-reactive ketones (excluding diaryl/α,β-unsaturated/α-hetero) is 1. The van der Waals surface area contributed by atoms with Crippen molar-refractivity contribution in [2.75, 3.05) is 6.54 Å². The van der Waals surface area contributed by atoms with Gasteiger partial charge in [-0.3, -0.25) is 4.79 Å². The highest BCUT2D eigenvalue weighted by Crippen LogP contribution is 2.25. The van der Waals surface area contributed by atoms with E-state index in [0.717, 1.165) is 21.1 Å². The molecule has 0 bridgehead atoms. The number of carbonyl (C=O) groups is 1. The number of aromatic nitrogens is 2. The molecule has 2 aromatic rings. The molecule has 5 heteroatoms. The molecule has 2 heterocycles. The van der Waals surface area contributed by atoms with Crippen LogP contribution in [0.25, 0.3) is 11.0 Å². The lowest BCUT2D eigenvalue weighted by atomic mass is 10.0. The fourth-order valence-corrected chi connectivity index (χ4v) is 2.29. The van der Waals surface area contributed by atoms with Gasteiger partial charge in [-0.2, -0.15) is 0 Å². The molecule has 0 aliphatic carbocycles. The van der Waals surface area contributed by atoms with Gasteiger partial charge in [0.25, 0.3) is 0 Å². The smallest absolute Gasteiger partial charge is 0.167 e. The Balaban J connectivity index is 2.65. The lowest BCUT2D eigenvalue weighted by Crippen LogP contribution is -2.10. The third kappa shape index (κ3) is 2.33. The Morgan fingerprint density at radius 1 is 1.56 bits per heavy atom. The molecule has 0 aromatic carbocycles. The van der Waals surface area contributed by atoms with Crippen LogP contribution in [0.15, 0.2) is 22.9 Å². The molecule has 0 radical (unpaired) electrons. The average Bonchev–Trinajstić information content (AvgIpc) is 2.67. The first-order valence-corrected chi connectivity index (χ1v) is 6.72. The monoisotopic (exact) mass is 309 g/mol. The van der Waals surface area contributed by atoms with Gasteiger partial charge in [-0.1, -0.05) is 13.8 Å². The van der Waals surface area contributed by atoms with Crippen molar-refractivity contribution in [2.45, 2.75) is 20.4 Å². The first-order valence-electron chi connectivity index (χ1n) is 5.93. The molecular formula is C13H16BrN3O. The Labute approximate surface area is 114 Å². The number of hydrogen-bond acceptors (Lipinski definition) is 3. The van der Waals surface area contributed by atoms with Crippen LogP contribution >= 0.6 is 15.9 Å². The van der Waals surface area contributed by atoms with Gasteiger partial charge in [-0.25, -0.2) is 4.98 Å². The molecule has 0 unspecified atom stereocenters. The van der Waals surface area contributed by atoms with Crippen molar-refractivity contribution >= 4 is 32.7 Å². The van der Waals surface area contributed by atoms with Gasteiger partial charge in [0.05, 0.1) is 0 Å². The van der Waals surface area contributed by atoms with Gasteiger partial charge in [0.15, 0.2) is 5.78 Å². The van der Waals surface area contributed by atoms with Crippen molar-refractivity contribution in [3.05, 3.63) is 28.5 Å². The third-order valence-electron chi connectivity index (χ3n) is 2.84. The Hall–Kier alpha value is -1.20. The molecule has 2 aromatic heterocycles. The number of nitrogens with two attached hydrogens (primary N) is 1. The van der Waals surface area contributed by atoms with E-state index in [4.69, 9.17) is 5.73 Å². The Bertz CT molecular complexity index is 589. The fourth-order valence-electron chi connectivity index (χ4n) is 1.96. The Kier molecular flexibility index (Phi) is 3.82. The maximum absolute atomic E-state index is 12.2. The number of carbonyl (C=O) groups excluding carboxylic acids is 1. The SMILES string of the molecule is CC(C)C(=O)c1cn(CCN)c2ncc(Br)cc12. The standard InChI is InChI=1S/C13H16BrN3O/c1-8(2)12(18)11-7-17(4-3-15)13-10(11)5-9(14)6-16-13/h5-8H,3-4,15H2,1-2H3. The minimum absolute atomic E-state index is 0.0269. The van der Waals surface area contributed by atoms with Gasteiger partial charge in [0, 0.05) is 46.8 Å². The molecular weight excluding hydrogens is 294 g/mol. The van der Waals surface area contributed by atoms with Gasteiger partial charge < -0.3 is 10.3 Å².